The van der Waals surface area contributed by atoms with E-state index in [1.807, 2.05) is 20.8 Å². The summed E-state index contributed by atoms with van der Waals surface area (Å²) >= 11 is 0. The summed E-state index contributed by atoms with van der Waals surface area (Å²) in [6, 6.07) is 15.4. The molecule has 0 saturated carbocycles. The second-order valence-electron chi connectivity index (χ2n) is 12.5. The van der Waals surface area contributed by atoms with Gasteiger partial charge in [0, 0.05) is 36.9 Å². The molecule has 0 aliphatic carbocycles. The van der Waals surface area contributed by atoms with Crippen LogP contribution in [0.5, 0.6) is 5.88 Å². The first-order valence-electron chi connectivity index (χ1n) is 14.0. The Morgan fingerprint density at radius 1 is 0.933 bits per heavy atom. The maximum absolute atomic E-state index is 13.6. The Morgan fingerprint density at radius 3 is 2.16 bits per heavy atom. The molecule has 0 aliphatic rings. The van der Waals surface area contributed by atoms with Gasteiger partial charge in [0.2, 0.25) is 0 Å². The van der Waals surface area contributed by atoms with Crippen LogP contribution in [-0.2, 0) is 10.2 Å². The second-order valence-corrected chi connectivity index (χ2v) is 12.5. The van der Waals surface area contributed by atoms with Crippen LogP contribution in [0.25, 0.3) is 34.0 Å². The van der Waals surface area contributed by atoms with Gasteiger partial charge in [-0.2, -0.15) is 5.26 Å². The van der Waals surface area contributed by atoms with E-state index in [1.165, 1.54) is 4.90 Å². The van der Waals surface area contributed by atoms with Gasteiger partial charge >= 0.3 is 12.1 Å². The van der Waals surface area contributed by atoms with E-state index in [-0.39, 0.29) is 28.7 Å². The van der Waals surface area contributed by atoms with E-state index >= 15 is 0 Å². The third-order valence-corrected chi connectivity index (χ3v) is 6.44. The molecule has 4 aromatic rings. The van der Waals surface area contributed by atoms with E-state index in [2.05, 4.69) is 16.2 Å². The fraction of sp³-hybridized carbons (Fsp3) is 0.303. The summed E-state index contributed by atoms with van der Waals surface area (Å²) in [6.45, 7) is 11.0. The topological polar surface area (TPSA) is 175 Å². The van der Waals surface area contributed by atoms with Crippen LogP contribution < -0.4 is 10.5 Å². The Balaban J connectivity index is 2.01. The lowest BCUT2D eigenvalue weighted by molar-refractivity contribution is 0.00622. The molecule has 2 N–H and O–H groups in total. The predicted molar refractivity (Wildman–Crippen MR) is 165 cm³/mol. The van der Waals surface area contributed by atoms with Gasteiger partial charge in [-0.25, -0.2) is 19.6 Å². The molecule has 232 valence electrons. The van der Waals surface area contributed by atoms with Crippen molar-refractivity contribution in [2.45, 2.75) is 52.6 Å². The number of benzene rings is 2. The zero-order valence-electron chi connectivity index (χ0n) is 26.4. The van der Waals surface area contributed by atoms with Gasteiger partial charge in [0.25, 0.3) is 11.8 Å². The number of primary amides is 1. The molecule has 2 heterocycles. The first kappa shape index (κ1) is 32.3. The number of rotatable bonds is 6. The summed E-state index contributed by atoms with van der Waals surface area (Å²) in [5.41, 5.74) is 6.90. The molecule has 0 unspecified atom stereocenters. The van der Waals surface area contributed by atoms with Crippen molar-refractivity contribution in [2.24, 2.45) is 5.73 Å². The largest absolute Gasteiger partial charge is 0.455 e. The van der Waals surface area contributed by atoms with E-state index in [0.29, 0.717) is 33.5 Å². The third kappa shape index (κ3) is 7.33. The Morgan fingerprint density at radius 2 is 1.60 bits per heavy atom. The summed E-state index contributed by atoms with van der Waals surface area (Å²) in [6.07, 6.45) is -1.19. The first-order valence-corrected chi connectivity index (χ1v) is 14.0. The first-order chi connectivity index (χ1) is 21.0. The number of hydrogen-bond donors (Lipinski definition) is 1. The van der Waals surface area contributed by atoms with Gasteiger partial charge in [-0.3, -0.25) is 4.79 Å². The molecule has 2 aromatic carbocycles. The quantitative estimate of drug-likeness (QED) is 0.265. The predicted octanol–water partition coefficient (Wildman–Crippen LogP) is 5.75. The van der Waals surface area contributed by atoms with Crippen LogP contribution in [0.1, 0.15) is 73.5 Å². The van der Waals surface area contributed by atoms with E-state index < -0.39 is 29.0 Å². The molecule has 0 spiro atoms. The summed E-state index contributed by atoms with van der Waals surface area (Å²) in [7, 11) is 3.32. The van der Waals surface area contributed by atoms with Crippen LogP contribution >= 0.6 is 0 Å². The van der Waals surface area contributed by atoms with Crippen molar-refractivity contribution in [3.63, 3.8) is 0 Å². The highest BCUT2D eigenvalue weighted by Gasteiger charge is 2.31. The Kier molecular flexibility index (Phi) is 8.77. The van der Waals surface area contributed by atoms with Gasteiger partial charge in [0.1, 0.15) is 17.0 Å². The van der Waals surface area contributed by atoms with Gasteiger partial charge < -0.3 is 24.6 Å². The van der Waals surface area contributed by atoms with E-state index in [9.17, 15) is 14.4 Å². The number of nitrogens with zero attached hydrogens (tertiary/aromatic N) is 5. The lowest BCUT2D eigenvalue weighted by Crippen LogP contribution is -2.26. The van der Waals surface area contributed by atoms with E-state index in [1.54, 1.807) is 83.4 Å². The van der Waals surface area contributed by atoms with Gasteiger partial charge in [0.15, 0.2) is 17.1 Å². The Hall–Kier alpha value is -5.57. The number of hydrogen-bond acceptors (Lipinski definition) is 10. The second kappa shape index (κ2) is 12.2. The molecule has 12 nitrogen and oxygen atoms in total. The van der Waals surface area contributed by atoms with Crippen LogP contribution in [0.4, 0.5) is 4.79 Å². The van der Waals surface area contributed by atoms with Crippen LogP contribution in [0.2, 0.25) is 0 Å². The number of aromatic nitrogens is 3. The zero-order valence-corrected chi connectivity index (χ0v) is 26.4. The molecule has 0 bridgehead atoms. The highest BCUT2D eigenvalue weighted by Crippen LogP contribution is 2.39. The average molecular weight is 611 g/mol. The summed E-state index contributed by atoms with van der Waals surface area (Å²) < 4.78 is 16.5. The van der Waals surface area contributed by atoms with Crippen LogP contribution in [-0.4, -0.2) is 57.7 Å². The highest BCUT2D eigenvalue weighted by atomic mass is 16.6. The van der Waals surface area contributed by atoms with Crippen LogP contribution in [0.15, 0.2) is 53.1 Å². The van der Waals surface area contributed by atoms with Crippen molar-refractivity contribution in [1.82, 2.24) is 20.0 Å². The standard InChI is InChI=1S/C33H34N6O6/c1-32(2,3)22-15-20(29(40)39(7)8)13-14-21(22)25-27(30(41)44-33(4,5)6)37-28(43-31(35)42)26(36-25)24-16-23(38-45-24)19-11-9-18(17-34)10-12-19/h9-16H,1-8H3,(H2,35,42). The molecule has 0 atom stereocenters. The minimum atomic E-state index is -1.19. The fourth-order valence-corrected chi connectivity index (χ4v) is 4.40. The van der Waals surface area contributed by atoms with Crippen LogP contribution in [0, 0.1) is 11.3 Å². The fourth-order valence-electron chi connectivity index (χ4n) is 4.40. The number of nitriles is 1. The van der Waals surface area contributed by atoms with Crippen molar-refractivity contribution in [3.05, 3.63) is 70.9 Å². The average Bonchev–Trinajstić information content (AvgIpc) is 3.45. The molecule has 0 fully saturated rings. The number of ether oxygens (including phenoxy) is 2. The number of nitrogens with two attached hydrogens (primary N) is 1. The summed E-state index contributed by atoms with van der Waals surface area (Å²) in [5, 5.41) is 13.3. The Labute approximate surface area is 260 Å². The molecule has 45 heavy (non-hydrogen) atoms. The molecular formula is C33H34N6O6. The molecule has 2 aromatic heterocycles. The molecule has 0 aliphatic heterocycles. The number of carbonyl (C=O) groups excluding carboxylic acids is 3. The maximum atomic E-state index is 13.6. The number of esters is 1. The normalized spacial score (nSPS) is 11.4. The van der Waals surface area contributed by atoms with Gasteiger partial charge in [-0.1, -0.05) is 44.1 Å². The lowest BCUT2D eigenvalue weighted by atomic mass is 9.81. The van der Waals surface area contributed by atoms with Crippen molar-refractivity contribution in [3.8, 4) is 45.9 Å². The minimum Gasteiger partial charge on any atom is -0.455 e. The molecule has 2 amide bonds. The molecule has 12 heteroatoms. The van der Waals surface area contributed by atoms with Crippen molar-refractivity contribution in [2.75, 3.05) is 14.1 Å². The monoisotopic (exact) mass is 610 g/mol. The third-order valence-electron chi connectivity index (χ3n) is 6.44. The maximum Gasteiger partial charge on any atom is 0.411 e. The highest BCUT2D eigenvalue weighted by molar-refractivity contribution is 5.98. The molecular weight excluding hydrogens is 576 g/mol. The van der Waals surface area contributed by atoms with Gasteiger partial charge in [0.05, 0.1) is 11.6 Å². The number of carbonyl (C=O) groups is 3. The SMILES string of the molecule is CN(C)C(=O)c1ccc(-c2nc(-c3cc(-c4ccc(C#N)cc4)no3)c(OC(N)=O)nc2C(=O)OC(C)(C)C)c(C(C)(C)C)c1. The van der Waals surface area contributed by atoms with Crippen LogP contribution in [0.3, 0.4) is 0 Å². The molecule has 0 radical (unpaired) electrons. The van der Waals surface area contributed by atoms with Crippen molar-refractivity contribution >= 4 is 18.0 Å². The van der Waals surface area contributed by atoms with E-state index in [4.69, 9.17) is 30.0 Å². The zero-order chi connectivity index (χ0) is 33.3. The van der Waals surface area contributed by atoms with E-state index in [0.717, 1.165) is 0 Å². The Bertz CT molecular complexity index is 1820. The van der Waals surface area contributed by atoms with Gasteiger partial charge in [-0.05, 0) is 56.0 Å². The van der Waals surface area contributed by atoms with Crippen molar-refractivity contribution < 1.29 is 28.4 Å². The summed E-state index contributed by atoms with van der Waals surface area (Å²) in [5.74, 6) is -1.36. The van der Waals surface area contributed by atoms with Gasteiger partial charge in [-0.15, -0.1) is 0 Å². The number of amides is 2. The molecule has 0 saturated heterocycles. The summed E-state index contributed by atoms with van der Waals surface area (Å²) in [4.78, 5) is 49.1. The van der Waals surface area contributed by atoms with Crippen molar-refractivity contribution in [1.29, 1.82) is 5.26 Å². The minimum absolute atomic E-state index is 0.0585. The molecule has 4 rings (SSSR count). The smallest absolute Gasteiger partial charge is 0.411 e. The lowest BCUT2D eigenvalue weighted by Gasteiger charge is -2.25.